The quantitative estimate of drug-likeness (QED) is 0.722. The molecule has 0 aliphatic rings. The SMILES string of the molecule is COc1ccc(CCC(=O)NCc2cccnc2OC(C)C)cc1Br. The van der Waals surface area contributed by atoms with Crippen LogP contribution in [0.1, 0.15) is 31.4 Å². The molecule has 0 bridgehead atoms. The molecule has 0 saturated heterocycles. The Kier molecular flexibility index (Phi) is 7.25. The van der Waals surface area contributed by atoms with E-state index in [9.17, 15) is 4.79 Å². The van der Waals surface area contributed by atoms with Crippen molar-refractivity contribution in [3.05, 3.63) is 52.1 Å². The van der Waals surface area contributed by atoms with Crippen LogP contribution < -0.4 is 14.8 Å². The maximum atomic E-state index is 12.1. The van der Waals surface area contributed by atoms with Crippen LogP contribution in [0.3, 0.4) is 0 Å². The van der Waals surface area contributed by atoms with E-state index in [1.54, 1.807) is 13.3 Å². The summed E-state index contributed by atoms with van der Waals surface area (Å²) in [5, 5.41) is 2.92. The lowest BCUT2D eigenvalue weighted by Crippen LogP contribution is -2.23. The van der Waals surface area contributed by atoms with E-state index in [0.29, 0.717) is 25.3 Å². The Morgan fingerprint density at radius 1 is 1.32 bits per heavy atom. The van der Waals surface area contributed by atoms with Crippen molar-refractivity contribution in [3.8, 4) is 11.6 Å². The van der Waals surface area contributed by atoms with Crippen LogP contribution in [0.2, 0.25) is 0 Å². The van der Waals surface area contributed by atoms with Gasteiger partial charge in [-0.15, -0.1) is 0 Å². The average Bonchev–Trinajstić information content (AvgIpc) is 2.59. The van der Waals surface area contributed by atoms with Crippen molar-refractivity contribution in [2.45, 2.75) is 39.3 Å². The fraction of sp³-hybridized carbons (Fsp3) is 0.368. The molecule has 0 unspecified atom stereocenters. The predicted molar refractivity (Wildman–Crippen MR) is 101 cm³/mol. The molecular formula is C19H23BrN2O3. The minimum Gasteiger partial charge on any atom is -0.496 e. The van der Waals surface area contributed by atoms with Crippen LogP contribution in [0.25, 0.3) is 0 Å². The Morgan fingerprint density at radius 3 is 2.80 bits per heavy atom. The number of hydrogen-bond acceptors (Lipinski definition) is 4. The molecule has 0 aliphatic carbocycles. The molecule has 1 amide bonds. The van der Waals surface area contributed by atoms with Gasteiger partial charge in [0.1, 0.15) is 5.75 Å². The van der Waals surface area contributed by atoms with Crippen LogP contribution in [-0.4, -0.2) is 24.1 Å². The van der Waals surface area contributed by atoms with Gasteiger partial charge in [-0.25, -0.2) is 4.98 Å². The number of aryl methyl sites for hydroxylation is 1. The molecular weight excluding hydrogens is 384 g/mol. The van der Waals surface area contributed by atoms with Crippen molar-refractivity contribution in [2.24, 2.45) is 0 Å². The predicted octanol–water partition coefficient (Wildman–Crippen LogP) is 3.89. The van der Waals surface area contributed by atoms with E-state index in [4.69, 9.17) is 9.47 Å². The fourth-order valence-electron chi connectivity index (χ4n) is 2.29. The van der Waals surface area contributed by atoms with Gasteiger partial charge in [0.15, 0.2) is 0 Å². The van der Waals surface area contributed by atoms with Gasteiger partial charge in [0.05, 0.1) is 17.7 Å². The number of pyridine rings is 1. The molecule has 0 spiro atoms. The maximum absolute atomic E-state index is 12.1. The number of rotatable bonds is 8. The summed E-state index contributed by atoms with van der Waals surface area (Å²) in [7, 11) is 1.63. The number of methoxy groups -OCH3 is 1. The van der Waals surface area contributed by atoms with Crippen LogP contribution in [0.15, 0.2) is 41.0 Å². The summed E-state index contributed by atoms with van der Waals surface area (Å²) in [6, 6.07) is 9.58. The summed E-state index contributed by atoms with van der Waals surface area (Å²) in [5.41, 5.74) is 1.95. The van der Waals surface area contributed by atoms with Gasteiger partial charge in [-0.3, -0.25) is 4.79 Å². The molecule has 25 heavy (non-hydrogen) atoms. The first kappa shape index (κ1) is 19.2. The third-order valence-electron chi connectivity index (χ3n) is 3.53. The minimum atomic E-state index is -0.00806. The van der Waals surface area contributed by atoms with Gasteiger partial charge in [-0.2, -0.15) is 0 Å². The Morgan fingerprint density at radius 2 is 2.12 bits per heavy atom. The highest BCUT2D eigenvalue weighted by atomic mass is 79.9. The van der Waals surface area contributed by atoms with Crippen LogP contribution in [0.4, 0.5) is 0 Å². The van der Waals surface area contributed by atoms with Crippen LogP contribution in [0, 0.1) is 0 Å². The second-order valence-corrected chi connectivity index (χ2v) is 6.73. The smallest absolute Gasteiger partial charge is 0.220 e. The van der Waals surface area contributed by atoms with Gasteiger partial charge in [0.25, 0.3) is 0 Å². The van der Waals surface area contributed by atoms with Crippen molar-refractivity contribution in [3.63, 3.8) is 0 Å². The molecule has 2 rings (SSSR count). The maximum Gasteiger partial charge on any atom is 0.220 e. The van der Waals surface area contributed by atoms with E-state index in [2.05, 4.69) is 26.2 Å². The number of nitrogens with one attached hydrogen (secondary N) is 1. The summed E-state index contributed by atoms with van der Waals surface area (Å²) < 4.78 is 11.8. The first-order valence-electron chi connectivity index (χ1n) is 8.19. The molecule has 2 aromatic rings. The highest BCUT2D eigenvalue weighted by Gasteiger charge is 2.09. The van der Waals surface area contributed by atoms with Gasteiger partial charge in [-0.05, 0) is 60.0 Å². The Labute approximate surface area is 156 Å². The first-order valence-corrected chi connectivity index (χ1v) is 8.98. The molecule has 0 radical (unpaired) electrons. The summed E-state index contributed by atoms with van der Waals surface area (Å²) in [6.07, 6.45) is 2.80. The van der Waals surface area contributed by atoms with Crippen molar-refractivity contribution < 1.29 is 14.3 Å². The number of nitrogens with zero attached hydrogens (tertiary/aromatic N) is 1. The fourth-order valence-corrected chi connectivity index (χ4v) is 2.88. The lowest BCUT2D eigenvalue weighted by molar-refractivity contribution is -0.121. The first-order chi connectivity index (χ1) is 12.0. The molecule has 1 heterocycles. The number of aromatic nitrogens is 1. The van der Waals surface area contributed by atoms with Crippen molar-refractivity contribution >= 4 is 21.8 Å². The highest BCUT2D eigenvalue weighted by molar-refractivity contribution is 9.10. The van der Waals surface area contributed by atoms with E-state index >= 15 is 0 Å². The van der Waals surface area contributed by atoms with Crippen molar-refractivity contribution in [1.82, 2.24) is 10.3 Å². The van der Waals surface area contributed by atoms with Crippen molar-refractivity contribution in [1.29, 1.82) is 0 Å². The third-order valence-corrected chi connectivity index (χ3v) is 4.15. The topological polar surface area (TPSA) is 60.5 Å². The Bertz CT molecular complexity index is 720. The Hall–Kier alpha value is -2.08. The van der Waals surface area contributed by atoms with Crippen molar-refractivity contribution in [2.75, 3.05) is 7.11 Å². The zero-order chi connectivity index (χ0) is 18.2. The zero-order valence-corrected chi connectivity index (χ0v) is 16.3. The van der Waals surface area contributed by atoms with E-state index < -0.39 is 0 Å². The molecule has 1 aromatic heterocycles. The lowest BCUT2D eigenvalue weighted by atomic mass is 10.1. The molecule has 6 heteroatoms. The molecule has 0 atom stereocenters. The highest BCUT2D eigenvalue weighted by Crippen LogP contribution is 2.26. The third kappa shape index (κ3) is 6.05. The molecule has 0 fully saturated rings. The normalized spacial score (nSPS) is 10.6. The summed E-state index contributed by atoms with van der Waals surface area (Å²) in [5.74, 6) is 1.34. The molecule has 0 aliphatic heterocycles. The zero-order valence-electron chi connectivity index (χ0n) is 14.7. The van der Waals surface area contributed by atoms with E-state index in [0.717, 1.165) is 21.3 Å². The number of benzene rings is 1. The number of amides is 1. The molecule has 1 N–H and O–H groups in total. The number of carbonyl (C=O) groups is 1. The Balaban J connectivity index is 1.86. The average molecular weight is 407 g/mol. The number of carbonyl (C=O) groups excluding carboxylic acids is 1. The van der Waals surface area contributed by atoms with Gasteiger partial charge in [0, 0.05) is 24.7 Å². The standard InChI is InChI=1S/C19H23BrN2O3/c1-13(2)25-19-15(5-4-10-21-19)12-22-18(23)9-7-14-6-8-17(24-3)16(20)11-14/h4-6,8,10-11,13H,7,9,12H2,1-3H3,(H,22,23). The van der Waals surface area contributed by atoms with Crippen LogP contribution in [-0.2, 0) is 17.8 Å². The van der Waals surface area contributed by atoms with Gasteiger partial charge >= 0.3 is 0 Å². The summed E-state index contributed by atoms with van der Waals surface area (Å²) in [6.45, 7) is 4.30. The van der Waals surface area contributed by atoms with E-state index in [-0.39, 0.29) is 12.0 Å². The molecule has 1 aromatic carbocycles. The van der Waals surface area contributed by atoms with Gasteiger partial charge in [-0.1, -0.05) is 12.1 Å². The molecule has 5 nitrogen and oxygen atoms in total. The lowest BCUT2D eigenvalue weighted by Gasteiger charge is -2.13. The van der Waals surface area contributed by atoms with Crippen LogP contribution in [0.5, 0.6) is 11.6 Å². The number of hydrogen-bond donors (Lipinski definition) is 1. The largest absolute Gasteiger partial charge is 0.496 e. The van der Waals surface area contributed by atoms with E-state index in [1.165, 1.54) is 0 Å². The second kappa shape index (κ2) is 9.42. The number of ether oxygens (including phenoxy) is 2. The second-order valence-electron chi connectivity index (χ2n) is 5.88. The molecule has 134 valence electrons. The monoisotopic (exact) mass is 406 g/mol. The van der Waals surface area contributed by atoms with E-state index in [1.807, 2.05) is 44.2 Å². The molecule has 0 saturated carbocycles. The van der Waals surface area contributed by atoms with Gasteiger partial charge < -0.3 is 14.8 Å². The summed E-state index contributed by atoms with van der Waals surface area (Å²) >= 11 is 3.46. The van der Waals surface area contributed by atoms with Crippen LogP contribution >= 0.6 is 15.9 Å². The summed E-state index contributed by atoms with van der Waals surface area (Å²) in [4.78, 5) is 16.3. The minimum absolute atomic E-state index is 0.00806. The van der Waals surface area contributed by atoms with Gasteiger partial charge in [0.2, 0.25) is 11.8 Å². The number of halogens is 1.